The van der Waals surface area contributed by atoms with E-state index in [0.29, 0.717) is 24.1 Å². The first-order chi connectivity index (χ1) is 7.75. The number of rotatable bonds is 4. The zero-order chi connectivity index (χ0) is 11.4. The molecule has 0 saturated carbocycles. The molecule has 1 aliphatic rings. The van der Waals surface area contributed by atoms with E-state index in [4.69, 9.17) is 27.4 Å². The van der Waals surface area contributed by atoms with Crippen LogP contribution >= 0.6 is 12.2 Å². The fraction of sp³-hybridized carbons (Fsp3) is 0.500. The number of ether oxygens (including phenoxy) is 2. The van der Waals surface area contributed by atoms with Crippen LogP contribution in [0.2, 0.25) is 0 Å². The van der Waals surface area contributed by atoms with E-state index in [1.54, 1.807) is 0 Å². The number of aromatic nitrogens is 2. The summed E-state index contributed by atoms with van der Waals surface area (Å²) in [6.45, 7) is 2.19. The third kappa shape index (κ3) is 2.86. The minimum absolute atomic E-state index is 0.239. The molecular formula is C10H13N3O2S. The third-order valence-electron chi connectivity index (χ3n) is 2.37. The summed E-state index contributed by atoms with van der Waals surface area (Å²) in [5.41, 5.74) is 5.91. The molecule has 0 radical (unpaired) electrons. The second-order valence-electron chi connectivity index (χ2n) is 3.64. The minimum Gasteiger partial charge on any atom is -0.476 e. The van der Waals surface area contributed by atoms with Gasteiger partial charge in [0.25, 0.3) is 0 Å². The molecule has 1 aromatic heterocycles. The number of thiocarbonyl (C=S) groups is 1. The van der Waals surface area contributed by atoms with Crippen molar-refractivity contribution in [1.29, 1.82) is 0 Å². The minimum atomic E-state index is 0.239. The Labute approximate surface area is 99.0 Å². The Bertz CT molecular complexity index is 363. The quantitative estimate of drug-likeness (QED) is 0.773. The molecule has 5 nitrogen and oxygen atoms in total. The van der Waals surface area contributed by atoms with Crippen molar-refractivity contribution in [3.63, 3.8) is 0 Å². The molecule has 2 N–H and O–H groups in total. The van der Waals surface area contributed by atoms with Gasteiger partial charge in [0, 0.05) is 12.5 Å². The summed E-state index contributed by atoms with van der Waals surface area (Å²) < 4.78 is 10.7. The van der Waals surface area contributed by atoms with Crippen molar-refractivity contribution in [2.45, 2.75) is 6.42 Å². The Kier molecular flexibility index (Phi) is 3.63. The van der Waals surface area contributed by atoms with E-state index in [1.165, 1.54) is 12.4 Å². The van der Waals surface area contributed by atoms with Crippen LogP contribution in [0, 0.1) is 5.92 Å². The third-order valence-corrected chi connectivity index (χ3v) is 2.58. The smallest absolute Gasteiger partial charge is 0.232 e. The maximum atomic E-state index is 5.49. The molecule has 1 unspecified atom stereocenters. The highest BCUT2D eigenvalue weighted by atomic mass is 32.1. The molecule has 1 aliphatic heterocycles. The summed E-state index contributed by atoms with van der Waals surface area (Å²) in [6.07, 6.45) is 4.09. The first-order valence-electron chi connectivity index (χ1n) is 5.08. The molecule has 0 aromatic carbocycles. The summed E-state index contributed by atoms with van der Waals surface area (Å²) in [5, 5.41) is 0. The fourth-order valence-corrected chi connectivity index (χ4v) is 1.54. The van der Waals surface area contributed by atoms with Crippen LogP contribution in [-0.2, 0) is 4.74 Å². The van der Waals surface area contributed by atoms with Crippen molar-refractivity contribution in [3.05, 3.63) is 18.1 Å². The van der Waals surface area contributed by atoms with Gasteiger partial charge >= 0.3 is 0 Å². The van der Waals surface area contributed by atoms with Gasteiger partial charge in [0.2, 0.25) is 5.88 Å². The lowest BCUT2D eigenvalue weighted by Gasteiger charge is -2.08. The summed E-state index contributed by atoms with van der Waals surface area (Å²) >= 11 is 4.78. The molecule has 2 heterocycles. The van der Waals surface area contributed by atoms with Crippen LogP contribution in [0.25, 0.3) is 0 Å². The Balaban J connectivity index is 1.87. The van der Waals surface area contributed by atoms with E-state index in [9.17, 15) is 0 Å². The molecule has 86 valence electrons. The monoisotopic (exact) mass is 239 g/mol. The van der Waals surface area contributed by atoms with E-state index < -0.39 is 0 Å². The zero-order valence-electron chi connectivity index (χ0n) is 8.76. The summed E-state index contributed by atoms with van der Waals surface area (Å²) in [4.78, 5) is 8.35. The topological polar surface area (TPSA) is 70.3 Å². The van der Waals surface area contributed by atoms with Gasteiger partial charge in [-0.15, -0.1) is 0 Å². The van der Waals surface area contributed by atoms with E-state index in [-0.39, 0.29) is 4.99 Å². The molecular weight excluding hydrogens is 226 g/mol. The standard InChI is InChI=1S/C10H13N3O2S/c11-10(16)8-3-13-9(4-12-8)15-6-7-1-2-14-5-7/h3-4,7H,1-2,5-6H2,(H2,11,16). The fourth-order valence-electron chi connectivity index (χ4n) is 1.44. The van der Waals surface area contributed by atoms with Crippen molar-refractivity contribution in [2.75, 3.05) is 19.8 Å². The molecule has 6 heteroatoms. The Morgan fingerprint density at radius 1 is 1.56 bits per heavy atom. The lowest BCUT2D eigenvalue weighted by atomic mass is 10.1. The van der Waals surface area contributed by atoms with Crippen LogP contribution in [0.1, 0.15) is 12.1 Å². The Morgan fingerprint density at radius 3 is 3.00 bits per heavy atom. The van der Waals surface area contributed by atoms with Gasteiger partial charge in [-0.2, -0.15) is 0 Å². The van der Waals surface area contributed by atoms with Crippen molar-refractivity contribution in [2.24, 2.45) is 11.7 Å². The number of hydrogen-bond acceptors (Lipinski definition) is 5. The average molecular weight is 239 g/mol. The second kappa shape index (κ2) is 5.18. The predicted molar refractivity (Wildman–Crippen MR) is 62.3 cm³/mol. The zero-order valence-corrected chi connectivity index (χ0v) is 9.57. The first kappa shape index (κ1) is 11.2. The van der Waals surface area contributed by atoms with Gasteiger partial charge in [0.1, 0.15) is 10.7 Å². The molecule has 0 aliphatic carbocycles. The molecule has 0 amide bonds. The van der Waals surface area contributed by atoms with Crippen LogP contribution < -0.4 is 10.5 Å². The van der Waals surface area contributed by atoms with E-state index >= 15 is 0 Å². The van der Waals surface area contributed by atoms with Gasteiger partial charge in [0.15, 0.2) is 0 Å². The normalized spacial score (nSPS) is 19.6. The maximum Gasteiger partial charge on any atom is 0.232 e. The number of hydrogen-bond donors (Lipinski definition) is 1. The highest BCUT2D eigenvalue weighted by Gasteiger charge is 2.16. The van der Waals surface area contributed by atoms with Gasteiger partial charge in [-0.25, -0.2) is 9.97 Å². The van der Waals surface area contributed by atoms with Gasteiger partial charge in [-0.05, 0) is 6.42 Å². The van der Waals surface area contributed by atoms with Crippen molar-refractivity contribution in [3.8, 4) is 5.88 Å². The van der Waals surface area contributed by atoms with Gasteiger partial charge in [-0.3, -0.25) is 0 Å². The van der Waals surface area contributed by atoms with Crippen molar-refractivity contribution < 1.29 is 9.47 Å². The Hall–Kier alpha value is -1.27. The van der Waals surface area contributed by atoms with Gasteiger partial charge < -0.3 is 15.2 Å². The SMILES string of the molecule is NC(=S)c1cnc(OCC2CCOC2)cn1. The van der Waals surface area contributed by atoms with Crippen LogP contribution in [-0.4, -0.2) is 34.8 Å². The predicted octanol–water partition coefficient (Wildman–Crippen LogP) is 0.526. The van der Waals surface area contributed by atoms with E-state index in [2.05, 4.69) is 9.97 Å². The van der Waals surface area contributed by atoms with Crippen LogP contribution in [0.5, 0.6) is 5.88 Å². The van der Waals surface area contributed by atoms with Gasteiger partial charge in [0.05, 0.1) is 25.6 Å². The summed E-state index contributed by atoms with van der Waals surface area (Å²) in [7, 11) is 0. The molecule has 16 heavy (non-hydrogen) atoms. The molecule has 1 atom stereocenters. The van der Waals surface area contributed by atoms with E-state index in [0.717, 1.165) is 19.6 Å². The molecule has 1 saturated heterocycles. The largest absolute Gasteiger partial charge is 0.476 e. The first-order valence-corrected chi connectivity index (χ1v) is 5.49. The summed E-state index contributed by atoms with van der Waals surface area (Å²) in [6, 6.07) is 0. The summed E-state index contributed by atoms with van der Waals surface area (Å²) in [5.74, 6) is 0.948. The maximum absolute atomic E-state index is 5.49. The molecule has 1 fully saturated rings. The highest BCUT2D eigenvalue weighted by molar-refractivity contribution is 7.80. The lowest BCUT2D eigenvalue weighted by Crippen LogP contribution is -2.14. The Morgan fingerprint density at radius 2 is 2.44 bits per heavy atom. The number of nitrogens with two attached hydrogens (primary N) is 1. The molecule has 0 bridgehead atoms. The number of nitrogens with zero attached hydrogens (tertiary/aromatic N) is 2. The van der Waals surface area contributed by atoms with Crippen LogP contribution in [0.15, 0.2) is 12.4 Å². The van der Waals surface area contributed by atoms with Crippen LogP contribution in [0.4, 0.5) is 0 Å². The average Bonchev–Trinajstić information content (AvgIpc) is 2.80. The molecule has 1 aromatic rings. The van der Waals surface area contributed by atoms with E-state index in [1.807, 2.05) is 0 Å². The lowest BCUT2D eigenvalue weighted by molar-refractivity contribution is 0.165. The van der Waals surface area contributed by atoms with Crippen molar-refractivity contribution in [1.82, 2.24) is 9.97 Å². The van der Waals surface area contributed by atoms with Crippen molar-refractivity contribution >= 4 is 17.2 Å². The highest BCUT2D eigenvalue weighted by Crippen LogP contribution is 2.14. The van der Waals surface area contributed by atoms with Gasteiger partial charge in [-0.1, -0.05) is 12.2 Å². The van der Waals surface area contributed by atoms with Crippen LogP contribution in [0.3, 0.4) is 0 Å². The second-order valence-corrected chi connectivity index (χ2v) is 4.08. The molecule has 0 spiro atoms. The molecule has 2 rings (SSSR count).